The summed E-state index contributed by atoms with van der Waals surface area (Å²) in [7, 11) is 0. The molecule has 0 heterocycles. The van der Waals surface area contributed by atoms with E-state index in [0.717, 1.165) is 12.3 Å². The van der Waals surface area contributed by atoms with Gasteiger partial charge in [-0.05, 0) is 0 Å². The third-order valence-electron chi connectivity index (χ3n) is 13.2. The van der Waals surface area contributed by atoms with Crippen LogP contribution < -0.4 is 0 Å². The minimum Gasteiger partial charge on any atom is -0.147 e. The van der Waals surface area contributed by atoms with Crippen LogP contribution in [0.25, 0.3) is 34.4 Å². The van der Waals surface area contributed by atoms with Gasteiger partial charge in [0.05, 0.1) is 0 Å². The number of hydrogen-bond donors (Lipinski definition) is 0. The molecular weight excluding hydrogens is 755 g/mol. The molecule has 0 saturated heterocycles. The van der Waals surface area contributed by atoms with Crippen molar-refractivity contribution in [3.63, 3.8) is 0 Å². The molecule has 3 aliphatic carbocycles. The molecule has 0 N–H and O–H groups in total. The predicted molar refractivity (Wildman–Crippen MR) is 230 cm³/mol. The summed E-state index contributed by atoms with van der Waals surface area (Å²) >= 11 is -3.72. The summed E-state index contributed by atoms with van der Waals surface area (Å²) in [6, 6.07) is 33.6. The first-order valence-electron chi connectivity index (χ1n) is 19.5. The first kappa shape index (κ1) is 40.2. The van der Waals surface area contributed by atoms with Crippen molar-refractivity contribution in [2.75, 3.05) is 0 Å². The summed E-state index contributed by atoms with van der Waals surface area (Å²) in [5.74, 6) is 1.92. The van der Waals surface area contributed by atoms with Crippen LogP contribution in [0.5, 0.6) is 0 Å². The topological polar surface area (TPSA) is 0 Å². The second-order valence-electron chi connectivity index (χ2n) is 17.0. The normalized spacial score (nSPS) is 19.7. The van der Waals surface area contributed by atoms with E-state index in [4.69, 9.17) is 0 Å². The molecule has 0 aliphatic heterocycles. The average molecular weight is 815 g/mol. The minimum atomic E-state index is -3.72. The molecule has 3 aliphatic rings. The van der Waals surface area contributed by atoms with Gasteiger partial charge in [-0.2, -0.15) is 0 Å². The fraction of sp³-hybridized carbons (Fsp3) is 0.404. The Balaban J connectivity index is 0.00000252. The Morgan fingerprint density at radius 1 is 0.627 bits per heavy atom. The van der Waals surface area contributed by atoms with Gasteiger partial charge in [0.1, 0.15) is 0 Å². The number of hydrogen-bond acceptors (Lipinski definition) is 0. The van der Waals surface area contributed by atoms with E-state index in [1.54, 1.807) is 22.3 Å². The standard InChI is InChI=1S/C24H27.C21H23.2CH3.2ClH.H2Si.Zr/c1-3-17(2)18-11-13-20(14-12-18)23-10-6-9-21-15-22(16-24(21)23)19-7-4-5-8-19;1-4-15(3)17-9-11-18(12-10-17)20-8-6-7-19-13-16(5-2)14-21(19)20;;;;;;/h6,9-17,19H,3-5,7-8H2,1-2H3;6-15H,4-5H2,1-3H3;2*1H3;2*1H;1H2;. The van der Waals surface area contributed by atoms with E-state index in [-0.39, 0.29) is 24.8 Å². The van der Waals surface area contributed by atoms with Gasteiger partial charge in [0.15, 0.2) is 0 Å². The SMILES string of the molecule is CCC1=Cc2c(-c3ccc(C(C)CC)cc3)cccc2[CH]1[Zr]([CH3])([CH3])(=[SiH2])[CH]1C(C2CCCC2)=Cc2c(-c3ccc(C(C)CC)cc3)cccc21.Cl.Cl. The number of benzene rings is 4. The first-order valence-corrected chi connectivity index (χ1v) is 33.2. The van der Waals surface area contributed by atoms with Crippen molar-refractivity contribution in [2.24, 2.45) is 5.92 Å². The van der Waals surface area contributed by atoms with Gasteiger partial charge in [0.2, 0.25) is 0 Å². The summed E-state index contributed by atoms with van der Waals surface area (Å²) in [4.78, 5) is 0. The molecule has 4 unspecified atom stereocenters. The zero-order valence-electron chi connectivity index (χ0n) is 32.1. The van der Waals surface area contributed by atoms with E-state index in [2.05, 4.69) is 148 Å². The molecule has 0 spiro atoms. The van der Waals surface area contributed by atoms with E-state index in [1.807, 2.05) is 0 Å². The Labute approximate surface area is 324 Å². The predicted octanol–water partition coefficient (Wildman–Crippen LogP) is 14.4. The van der Waals surface area contributed by atoms with Gasteiger partial charge in [-0.15, -0.1) is 24.8 Å². The Morgan fingerprint density at radius 2 is 1.08 bits per heavy atom. The molecule has 4 atom stereocenters. The third kappa shape index (κ3) is 7.19. The molecule has 1 saturated carbocycles. The van der Waals surface area contributed by atoms with Crippen molar-refractivity contribution >= 4 is 43.8 Å². The van der Waals surface area contributed by atoms with E-state index < -0.39 is 17.4 Å². The quantitative estimate of drug-likeness (QED) is 0.140. The fourth-order valence-electron chi connectivity index (χ4n) is 10.1. The van der Waals surface area contributed by atoms with Crippen molar-refractivity contribution < 1.29 is 17.4 Å². The van der Waals surface area contributed by atoms with E-state index in [9.17, 15) is 0 Å². The summed E-state index contributed by atoms with van der Waals surface area (Å²) in [6.07, 6.45) is 14.3. The van der Waals surface area contributed by atoms with Gasteiger partial charge in [0.25, 0.3) is 0 Å². The number of allylic oxidation sites excluding steroid dienone is 2. The third-order valence-corrected chi connectivity index (χ3v) is 30.6. The monoisotopic (exact) mass is 812 g/mol. The van der Waals surface area contributed by atoms with E-state index in [1.165, 1.54) is 83.0 Å². The molecule has 270 valence electrons. The van der Waals surface area contributed by atoms with Crippen LogP contribution in [-0.2, 0) is 17.4 Å². The largest absolute Gasteiger partial charge is 0.147 e. The van der Waals surface area contributed by atoms with Gasteiger partial charge in [-0.25, -0.2) is 0 Å². The Morgan fingerprint density at radius 3 is 1.53 bits per heavy atom. The van der Waals surface area contributed by atoms with Gasteiger partial charge in [-0.3, -0.25) is 0 Å². The van der Waals surface area contributed by atoms with Crippen molar-refractivity contribution in [3.05, 3.63) is 129 Å². The minimum absolute atomic E-state index is 0. The molecule has 0 amide bonds. The molecule has 0 radical (unpaired) electrons. The maximum Gasteiger partial charge on any atom is -0.147 e. The van der Waals surface area contributed by atoms with E-state index >= 15 is 0 Å². The number of rotatable bonds is 10. The molecule has 4 aromatic carbocycles. The molecular formula is C47H60Cl2SiZr. The van der Waals surface area contributed by atoms with Gasteiger partial charge in [0, 0.05) is 0 Å². The van der Waals surface area contributed by atoms with Gasteiger partial charge in [-0.1, -0.05) is 0 Å². The van der Waals surface area contributed by atoms with Crippen LogP contribution in [-0.4, -0.2) is 6.88 Å². The molecule has 4 aromatic rings. The maximum atomic E-state index is 2.84. The molecule has 0 nitrogen and oxygen atoms in total. The van der Waals surface area contributed by atoms with Crippen LogP contribution >= 0.6 is 24.8 Å². The Hall–Kier alpha value is -1.96. The Bertz CT molecular complexity index is 1990. The number of halogens is 2. The summed E-state index contributed by atoms with van der Waals surface area (Å²) < 4.78 is 6.81. The smallest absolute Gasteiger partial charge is 0.147 e. The van der Waals surface area contributed by atoms with Crippen molar-refractivity contribution in [1.29, 1.82) is 0 Å². The second-order valence-corrected chi connectivity index (χ2v) is 47.5. The fourth-order valence-corrected chi connectivity index (χ4v) is 29.9. The zero-order valence-corrected chi connectivity index (χ0v) is 37.6. The van der Waals surface area contributed by atoms with E-state index in [0.29, 0.717) is 19.1 Å². The van der Waals surface area contributed by atoms with Crippen molar-refractivity contribution in [1.82, 2.24) is 0 Å². The van der Waals surface area contributed by atoms with Crippen LogP contribution in [0.3, 0.4) is 0 Å². The number of fused-ring (bicyclic) bond motifs is 2. The second kappa shape index (κ2) is 15.8. The summed E-state index contributed by atoms with van der Waals surface area (Å²) in [5.41, 5.74) is 18.2. The zero-order chi connectivity index (χ0) is 34.5. The maximum absolute atomic E-state index is 3.72. The molecule has 7 rings (SSSR count). The van der Waals surface area contributed by atoms with Crippen molar-refractivity contribution in [2.45, 2.75) is 108 Å². The average Bonchev–Trinajstić information content (AvgIpc) is 3.88. The summed E-state index contributed by atoms with van der Waals surface area (Å²) in [5, 5.41) is 0. The molecule has 0 aromatic heterocycles. The molecule has 4 heteroatoms. The molecule has 51 heavy (non-hydrogen) atoms. The molecule has 1 fully saturated rings. The summed E-state index contributed by atoms with van der Waals surface area (Å²) in [6.45, 7) is 14.2. The Kier molecular flexibility index (Phi) is 12.5. The molecule has 0 bridgehead atoms. The van der Waals surface area contributed by atoms with Crippen molar-refractivity contribution in [3.8, 4) is 22.3 Å². The van der Waals surface area contributed by atoms with Crippen LogP contribution in [0.2, 0.25) is 9.26 Å². The van der Waals surface area contributed by atoms with Gasteiger partial charge >= 0.3 is 302 Å². The van der Waals surface area contributed by atoms with Crippen LogP contribution in [0.15, 0.2) is 96.1 Å². The first-order chi connectivity index (χ1) is 23.5. The van der Waals surface area contributed by atoms with Crippen LogP contribution in [0.4, 0.5) is 0 Å². The van der Waals surface area contributed by atoms with Gasteiger partial charge < -0.3 is 0 Å². The van der Waals surface area contributed by atoms with Crippen LogP contribution in [0.1, 0.15) is 132 Å². The van der Waals surface area contributed by atoms with Crippen LogP contribution in [0, 0.1) is 5.92 Å².